The monoisotopic (exact) mass is 360 g/mol. The zero-order chi connectivity index (χ0) is 18.0. The summed E-state index contributed by atoms with van der Waals surface area (Å²) in [5.41, 5.74) is 1.40. The number of aryl methyl sites for hydroxylation is 1. The van der Waals surface area contributed by atoms with E-state index in [0.717, 1.165) is 5.69 Å². The molecule has 1 saturated heterocycles. The van der Waals surface area contributed by atoms with Gasteiger partial charge in [-0.05, 0) is 19.1 Å². The minimum absolute atomic E-state index is 0.0354. The molecule has 2 N–H and O–H groups in total. The molecule has 3 rings (SSSR count). The third kappa shape index (κ3) is 3.43. The first kappa shape index (κ1) is 17.2. The maximum atomic E-state index is 12.5. The van der Waals surface area contributed by atoms with Crippen molar-refractivity contribution in [3.05, 3.63) is 34.8 Å². The normalized spacial score (nSPS) is 16.8. The number of anilines is 2. The fraction of sp³-hybridized carbons (Fsp3) is 0.353. The van der Waals surface area contributed by atoms with E-state index in [1.807, 2.05) is 24.3 Å². The largest absolute Gasteiger partial charge is 0.495 e. The van der Waals surface area contributed by atoms with Crippen molar-refractivity contribution in [2.45, 2.75) is 19.4 Å². The van der Waals surface area contributed by atoms with E-state index in [1.165, 1.54) is 11.3 Å². The summed E-state index contributed by atoms with van der Waals surface area (Å²) in [7, 11) is 3.34. The van der Waals surface area contributed by atoms with Gasteiger partial charge in [0.05, 0.1) is 24.5 Å². The summed E-state index contributed by atoms with van der Waals surface area (Å²) in [6.45, 7) is 2.22. The average Bonchev–Trinajstić information content (AvgIpc) is 3.17. The molecule has 1 aliphatic rings. The van der Waals surface area contributed by atoms with E-state index in [2.05, 4.69) is 15.6 Å². The number of rotatable bonds is 5. The Morgan fingerprint density at radius 2 is 2.16 bits per heavy atom. The molecule has 0 spiro atoms. The van der Waals surface area contributed by atoms with E-state index >= 15 is 0 Å². The van der Waals surface area contributed by atoms with Crippen LogP contribution < -0.4 is 20.3 Å². The second-order valence-electron chi connectivity index (χ2n) is 5.73. The van der Waals surface area contributed by atoms with E-state index < -0.39 is 0 Å². The molecule has 1 aromatic heterocycles. The molecule has 8 heteroatoms. The number of amides is 2. The Morgan fingerprint density at radius 1 is 1.40 bits per heavy atom. The van der Waals surface area contributed by atoms with E-state index in [9.17, 15) is 9.59 Å². The topological polar surface area (TPSA) is 83.6 Å². The van der Waals surface area contributed by atoms with Gasteiger partial charge in [0.15, 0.2) is 5.13 Å². The molecule has 2 aromatic rings. The summed E-state index contributed by atoms with van der Waals surface area (Å²) in [6.07, 6.45) is 0.264. The molecule has 2 amide bonds. The zero-order valence-electron chi connectivity index (χ0n) is 14.3. The van der Waals surface area contributed by atoms with Gasteiger partial charge in [-0.15, -0.1) is 0 Å². The first-order valence-electron chi connectivity index (χ1n) is 7.93. The fourth-order valence-corrected chi connectivity index (χ4v) is 3.68. The van der Waals surface area contributed by atoms with Crippen LogP contribution in [0.25, 0.3) is 0 Å². The molecular weight excluding hydrogens is 340 g/mol. The van der Waals surface area contributed by atoms with Crippen LogP contribution in [0.4, 0.5) is 10.8 Å². The van der Waals surface area contributed by atoms with Gasteiger partial charge in [0.1, 0.15) is 10.6 Å². The lowest BCUT2D eigenvalue weighted by Crippen LogP contribution is -2.37. The van der Waals surface area contributed by atoms with E-state index in [-0.39, 0.29) is 24.3 Å². The molecule has 25 heavy (non-hydrogen) atoms. The first-order valence-corrected chi connectivity index (χ1v) is 8.74. The predicted molar refractivity (Wildman–Crippen MR) is 97.6 cm³/mol. The summed E-state index contributed by atoms with van der Waals surface area (Å²) in [4.78, 5) is 31.4. The van der Waals surface area contributed by atoms with Crippen LogP contribution in [0.15, 0.2) is 24.3 Å². The minimum Gasteiger partial charge on any atom is -0.495 e. The lowest BCUT2D eigenvalue weighted by Gasteiger charge is -2.19. The number of methoxy groups -OCH3 is 1. The predicted octanol–water partition coefficient (Wildman–Crippen LogP) is 2.04. The number of ether oxygens (including phenoxy) is 1. The number of hydrogen-bond donors (Lipinski definition) is 2. The number of carbonyl (C=O) groups is 2. The molecule has 1 atom stereocenters. The number of thiazole rings is 1. The Hall–Kier alpha value is -2.61. The molecular formula is C17H20N4O3S. The summed E-state index contributed by atoms with van der Waals surface area (Å²) in [5, 5.41) is 6.57. The van der Waals surface area contributed by atoms with Crippen LogP contribution in [0.3, 0.4) is 0 Å². The van der Waals surface area contributed by atoms with Gasteiger partial charge in [-0.25, -0.2) is 4.98 Å². The Bertz CT molecular complexity index is 805. The molecule has 2 heterocycles. The average molecular weight is 360 g/mol. The van der Waals surface area contributed by atoms with E-state index in [4.69, 9.17) is 4.74 Å². The van der Waals surface area contributed by atoms with Crippen LogP contribution in [-0.4, -0.2) is 43.5 Å². The zero-order valence-corrected chi connectivity index (χ0v) is 15.1. The highest BCUT2D eigenvalue weighted by atomic mass is 32.1. The van der Waals surface area contributed by atoms with Gasteiger partial charge in [0.25, 0.3) is 5.91 Å². The quantitative estimate of drug-likeness (QED) is 0.852. The van der Waals surface area contributed by atoms with Crippen molar-refractivity contribution < 1.29 is 14.3 Å². The van der Waals surface area contributed by atoms with Crippen LogP contribution in [0.1, 0.15) is 21.8 Å². The molecule has 0 radical (unpaired) electrons. The second-order valence-corrected chi connectivity index (χ2v) is 6.73. The molecule has 1 aliphatic heterocycles. The highest BCUT2D eigenvalue weighted by Gasteiger charge is 2.33. The van der Waals surface area contributed by atoms with Crippen molar-refractivity contribution in [3.63, 3.8) is 0 Å². The van der Waals surface area contributed by atoms with Gasteiger partial charge >= 0.3 is 0 Å². The molecule has 0 saturated carbocycles. The molecule has 7 nitrogen and oxygen atoms in total. The number of hydrogen-bond acceptors (Lipinski definition) is 6. The number of para-hydroxylation sites is 2. The maximum absolute atomic E-state index is 12.5. The fourth-order valence-electron chi connectivity index (χ4n) is 2.85. The Labute approximate surface area is 150 Å². The van der Waals surface area contributed by atoms with Gasteiger partial charge in [0.2, 0.25) is 5.91 Å². The highest BCUT2D eigenvalue weighted by molar-refractivity contribution is 7.17. The van der Waals surface area contributed by atoms with Crippen molar-refractivity contribution in [3.8, 4) is 5.75 Å². The van der Waals surface area contributed by atoms with Crippen molar-refractivity contribution in [1.29, 1.82) is 0 Å². The molecule has 132 valence electrons. The molecule has 0 unspecified atom stereocenters. The Morgan fingerprint density at radius 3 is 2.84 bits per heavy atom. The van der Waals surface area contributed by atoms with Crippen LogP contribution in [-0.2, 0) is 4.79 Å². The van der Waals surface area contributed by atoms with Crippen molar-refractivity contribution in [2.24, 2.45) is 0 Å². The second kappa shape index (κ2) is 7.10. The lowest BCUT2D eigenvalue weighted by atomic mass is 10.2. The highest BCUT2D eigenvalue weighted by Crippen LogP contribution is 2.31. The Kier molecular flexibility index (Phi) is 4.89. The minimum atomic E-state index is -0.246. The van der Waals surface area contributed by atoms with Gasteiger partial charge in [-0.2, -0.15) is 0 Å². The van der Waals surface area contributed by atoms with Gasteiger partial charge in [0, 0.05) is 20.0 Å². The molecule has 1 aromatic carbocycles. The molecule has 1 fully saturated rings. The van der Waals surface area contributed by atoms with Crippen molar-refractivity contribution in [1.82, 2.24) is 10.3 Å². The van der Waals surface area contributed by atoms with Crippen molar-refractivity contribution >= 4 is 34.0 Å². The van der Waals surface area contributed by atoms with Gasteiger partial charge < -0.3 is 20.3 Å². The summed E-state index contributed by atoms with van der Waals surface area (Å²) < 4.78 is 5.33. The van der Waals surface area contributed by atoms with Gasteiger partial charge in [-0.3, -0.25) is 9.59 Å². The summed E-state index contributed by atoms with van der Waals surface area (Å²) >= 11 is 1.30. The number of aromatic nitrogens is 1. The van der Waals surface area contributed by atoms with E-state index in [0.29, 0.717) is 28.0 Å². The molecule has 0 bridgehead atoms. The third-order valence-corrected chi connectivity index (χ3v) is 5.23. The van der Waals surface area contributed by atoms with Crippen molar-refractivity contribution in [2.75, 3.05) is 30.9 Å². The smallest absolute Gasteiger partial charge is 0.263 e. The van der Waals surface area contributed by atoms with Crippen LogP contribution >= 0.6 is 11.3 Å². The van der Waals surface area contributed by atoms with Crippen LogP contribution in [0.5, 0.6) is 5.75 Å². The number of benzene rings is 1. The Balaban J connectivity index is 1.72. The number of nitrogens with one attached hydrogen (secondary N) is 2. The lowest BCUT2D eigenvalue weighted by molar-refractivity contribution is -0.117. The maximum Gasteiger partial charge on any atom is 0.263 e. The first-order chi connectivity index (χ1) is 12.0. The van der Waals surface area contributed by atoms with Gasteiger partial charge in [-0.1, -0.05) is 23.5 Å². The molecule has 0 aliphatic carbocycles. The van der Waals surface area contributed by atoms with E-state index in [1.54, 1.807) is 26.0 Å². The summed E-state index contributed by atoms with van der Waals surface area (Å²) in [6, 6.07) is 7.12. The SMILES string of the molecule is CNc1nc(C)c(C(=O)N[C@@H]2CC(=O)N(c3ccccc3OC)C2)s1. The number of carbonyl (C=O) groups excluding carboxylic acids is 2. The van der Waals surface area contributed by atoms with Crippen LogP contribution in [0, 0.1) is 6.92 Å². The standard InChI is InChI=1S/C17H20N4O3S/c1-10-15(25-17(18-2)19-10)16(23)20-11-8-14(22)21(9-11)12-6-4-5-7-13(12)24-3/h4-7,11H,8-9H2,1-3H3,(H,18,19)(H,20,23)/t11-/m1/s1. The summed E-state index contributed by atoms with van der Waals surface area (Å²) in [5.74, 6) is 0.405. The van der Waals surface area contributed by atoms with Crippen LogP contribution in [0.2, 0.25) is 0 Å². The third-order valence-electron chi connectivity index (χ3n) is 4.05. The number of nitrogens with zero attached hydrogens (tertiary/aromatic N) is 2.